The largest absolute Gasteiger partial charge is 0.480 e. The average molecular weight is 258 g/mol. The second-order valence-electron chi connectivity index (χ2n) is 4.88. The van der Waals surface area contributed by atoms with E-state index in [0.717, 1.165) is 16.6 Å². The van der Waals surface area contributed by atoms with Gasteiger partial charge in [-0.25, -0.2) is 0 Å². The van der Waals surface area contributed by atoms with E-state index in [2.05, 4.69) is 10.2 Å². The molecule has 6 heteroatoms. The number of nitrogens with two attached hydrogens (primary N) is 1. The van der Waals surface area contributed by atoms with Gasteiger partial charge in [-0.1, -0.05) is 18.2 Å². The average Bonchev–Trinajstić information content (AvgIpc) is 2.82. The zero-order chi connectivity index (χ0) is 13.5. The summed E-state index contributed by atoms with van der Waals surface area (Å²) >= 11 is 0. The highest BCUT2D eigenvalue weighted by molar-refractivity contribution is 5.91. The minimum atomic E-state index is -1.18. The van der Waals surface area contributed by atoms with Gasteiger partial charge < -0.3 is 15.7 Å². The summed E-state index contributed by atoms with van der Waals surface area (Å²) in [5, 5.41) is 18.2. The lowest BCUT2D eigenvalue weighted by Gasteiger charge is -2.22. The van der Waals surface area contributed by atoms with Gasteiger partial charge in [-0.3, -0.25) is 4.79 Å². The third-order valence-electron chi connectivity index (χ3n) is 3.59. The van der Waals surface area contributed by atoms with Crippen LogP contribution in [0.15, 0.2) is 30.5 Å². The number of anilines is 1. The van der Waals surface area contributed by atoms with Gasteiger partial charge >= 0.3 is 5.97 Å². The summed E-state index contributed by atoms with van der Waals surface area (Å²) in [6.07, 6.45) is 2.09. The van der Waals surface area contributed by atoms with Gasteiger partial charge in [0.15, 0.2) is 0 Å². The van der Waals surface area contributed by atoms with Gasteiger partial charge in [-0.05, 0) is 12.5 Å². The maximum atomic E-state index is 11.2. The number of hydrogen-bond acceptors (Lipinski definition) is 5. The number of nitrogens with zero attached hydrogens (tertiary/aromatic N) is 3. The molecule has 98 valence electrons. The fraction of sp³-hybridized carbons (Fsp3) is 0.308. The Hall–Kier alpha value is -2.21. The van der Waals surface area contributed by atoms with E-state index in [1.807, 2.05) is 29.2 Å². The smallest absolute Gasteiger partial charge is 0.325 e. The van der Waals surface area contributed by atoms with Gasteiger partial charge in [-0.15, -0.1) is 0 Å². The lowest BCUT2D eigenvalue weighted by Crippen LogP contribution is -2.50. The fourth-order valence-electron chi connectivity index (χ4n) is 2.46. The number of carbonyl (C=O) groups is 1. The van der Waals surface area contributed by atoms with Gasteiger partial charge in [0.25, 0.3) is 0 Å². The summed E-state index contributed by atoms with van der Waals surface area (Å²) in [5.41, 5.74) is 6.40. The van der Waals surface area contributed by atoms with Crippen LogP contribution in [0, 0.1) is 0 Å². The quantitative estimate of drug-likeness (QED) is 0.820. The Bertz CT molecular complexity index is 640. The van der Waals surface area contributed by atoms with E-state index in [9.17, 15) is 9.90 Å². The van der Waals surface area contributed by atoms with Crippen molar-refractivity contribution in [3.8, 4) is 0 Å². The van der Waals surface area contributed by atoms with Crippen LogP contribution in [0.3, 0.4) is 0 Å². The lowest BCUT2D eigenvalue weighted by atomic mass is 10.0. The van der Waals surface area contributed by atoms with Gasteiger partial charge in [0.05, 0.1) is 17.4 Å². The molecule has 1 aromatic carbocycles. The van der Waals surface area contributed by atoms with Gasteiger partial charge in [0.2, 0.25) is 0 Å². The van der Waals surface area contributed by atoms with Crippen molar-refractivity contribution >= 4 is 22.6 Å². The third-order valence-corrected chi connectivity index (χ3v) is 3.59. The highest BCUT2D eigenvalue weighted by Crippen LogP contribution is 2.30. The van der Waals surface area contributed by atoms with Crippen molar-refractivity contribution in [2.24, 2.45) is 5.73 Å². The molecule has 1 aliphatic heterocycles. The first kappa shape index (κ1) is 11.9. The summed E-state index contributed by atoms with van der Waals surface area (Å²) in [7, 11) is 0. The van der Waals surface area contributed by atoms with Crippen LogP contribution in [0.25, 0.3) is 10.9 Å². The number of hydrogen-bond donors (Lipinski definition) is 2. The van der Waals surface area contributed by atoms with Crippen LogP contribution in [-0.4, -0.2) is 39.9 Å². The van der Waals surface area contributed by atoms with Crippen molar-refractivity contribution in [2.45, 2.75) is 12.0 Å². The van der Waals surface area contributed by atoms with Gasteiger partial charge in [-0.2, -0.15) is 10.2 Å². The minimum absolute atomic E-state index is 0.290. The monoisotopic (exact) mass is 258 g/mol. The van der Waals surface area contributed by atoms with Crippen molar-refractivity contribution in [3.05, 3.63) is 30.5 Å². The van der Waals surface area contributed by atoms with Crippen LogP contribution in [0.2, 0.25) is 0 Å². The molecule has 0 bridgehead atoms. The van der Waals surface area contributed by atoms with Crippen molar-refractivity contribution < 1.29 is 9.90 Å². The van der Waals surface area contributed by atoms with Gasteiger partial charge in [0, 0.05) is 18.5 Å². The van der Waals surface area contributed by atoms with Crippen LogP contribution >= 0.6 is 0 Å². The van der Waals surface area contributed by atoms with E-state index >= 15 is 0 Å². The first-order valence-electron chi connectivity index (χ1n) is 6.08. The Morgan fingerprint density at radius 2 is 2.21 bits per heavy atom. The van der Waals surface area contributed by atoms with Crippen LogP contribution in [0.5, 0.6) is 0 Å². The normalized spacial score (nSPS) is 22.9. The first-order valence-corrected chi connectivity index (χ1v) is 6.08. The second kappa shape index (κ2) is 4.17. The molecule has 0 saturated carbocycles. The number of aromatic nitrogens is 2. The summed E-state index contributed by atoms with van der Waals surface area (Å²) in [4.78, 5) is 13.1. The number of rotatable bonds is 2. The molecule has 1 fully saturated rings. The minimum Gasteiger partial charge on any atom is -0.480 e. The molecule has 3 rings (SSSR count). The molecule has 0 radical (unpaired) electrons. The van der Waals surface area contributed by atoms with Crippen LogP contribution in [0.4, 0.5) is 5.69 Å². The molecule has 6 nitrogen and oxygen atoms in total. The van der Waals surface area contributed by atoms with E-state index in [0.29, 0.717) is 13.0 Å². The van der Waals surface area contributed by atoms with E-state index in [-0.39, 0.29) is 6.54 Å². The Morgan fingerprint density at radius 3 is 2.95 bits per heavy atom. The van der Waals surface area contributed by atoms with Crippen molar-refractivity contribution in [2.75, 3.05) is 18.0 Å². The van der Waals surface area contributed by atoms with E-state index in [1.165, 1.54) is 0 Å². The number of aliphatic carboxylic acids is 1. The third kappa shape index (κ3) is 1.90. The molecule has 3 N–H and O–H groups in total. The first-order chi connectivity index (χ1) is 9.10. The fourth-order valence-corrected chi connectivity index (χ4v) is 2.46. The molecule has 19 heavy (non-hydrogen) atoms. The standard InChI is InChI=1S/C13H14N4O2/c14-13(12(18)19)5-6-17(8-13)11-7-15-16-10-4-2-1-3-9(10)11/h1-4,7H,5-6,8,14H2,(H,18,19). The van der Waals surface area contributed by atoms with Gasteiger partial charge in [0.1, 0.15) is 5.54 Å². The molecule has 1 aromatic heterocycles. The molecular weight excluding hydrogens is 244 g/mol. The number of carboxylic acids is 1. The highest BCUT2D eigenvalue weighted by atomic mass is 16.4. The molecule has 2 heterocycles. The summed E-state index contributed by atoms with van der Waals surface area (Å²) in [6, 6.07) is 7.66. The Balaban J connectivity index is 2.01. The number of carboxylic acid groups (broad SMARTS) is 1. The van der Waals surface area contributed by atoms with Crippen molar-refractivity contribution in [1.29, 1.82) is 0 Å². The molecule has 1 atom stereocenters. The SMILES string of the molecule is NC1(C(=O)O)CCN(c2cnnc3ccccc23)C1. The van der Waals surface area contributed by atoms with Crippen LogP contribution in [0.1, 0.15) is 6.42 Å². The Labute approximate surface area is 109 Å². The molecular formula is C13H14N4O2. The molecule has 0 spiro atoms. The maximum absolute atomic E-state index is 11.2. The zero-order valence-corrected chi connectivity index (χ0v) is 10.3. The Morgan fingerprint density at radius 1 is 1.42 bits per heavy atom. The number of benzene rings is 1. The predicted molar refractivity (Wildman–Crippen MR) is 70.9 cm³/mol. The molecule has 1 aliphatic rings. The Kier molecular flexibility index (Phi) is 2.60. The summed E-state index contributed by atoms with van der Waals surface area (Å²) in [5.74, 6) is -0.957. The van der Waals surface area contributed by atoms with Crippen molar-refractivity contribution in [3.63, 3.8) is 0 Å². The second-order valence-corrected chi connectivity index (χ2v) is 4.88. The topological polar surface area (TPSA) is 92.3 Å². The van der Waals surface area contributed by atoms with E-state index in [4.69, 9.17) is 5.73 Å². The molecule has 2 aromatic rings. The molecule has 1 saturated heterocycles. The predicted octanol–water partition coefficient (Wildman–Crippen LogP) is 0.622. The number of fused-ring (bicyclic) bond motifs is 1. The molecule has 0 aliphatic carbocycles. The van der Waals surface area contributed by atoms with E-state index in [1.54, 1.807) is 6.20 Å². The van der Waals surface area contributed by atoms with Crippen LogP contribution in [-0.2, 0) is 4.79 Å². The summed E-state index contributed by atoms with van der Waals surface area (Å²) in [6.45, 7) is 0.899. The van der Waals surface area contributed by atoms with E-state index < -0.39 is 11.5 Å². The highest BCUT2D eigenvalue weighted by Gasteiger charge is 2.41. The maximum Gasteiger partial charge on any atom is 0.325 e. The lowest BCUT2D eigenvalue weighted by molar-refractivity contribution is -0.142. The molecule has 0 amide bonds. The molecule has 1 unspecified atom stereocenters. The van der Waals surface area contributed by atoms with Crippen LogP contribution < -0.4 is 10.6 Å². The van der Waals surface area contributed by atoms with Crippen molar-refractivity contribution in [1.82, 2.24) is 10.2 Å². The summed E-state index contributed by atoms with van der Waals surface area (Å²) < 4.78 is 0. The zero-order valence-electron chi connectivity index (χ0n) is 10.3.